The first-order valence-electron chi connectivity index (χ1n) is 7.10. The molecule has 1 amide bonds. The van der Waals surface area contributed by atoms with Gasteiger partial charge in [-0.1, -0.05) is 24.3 Å². The van der Waals surface area contributed by atoms with Crippen molar-refractivity contribution in [1.82, 2.24) is 14.7 Å². The molecule has 112 valence electrons. The highest BCUT2D eigenvalue weighted by atomic mass is 16.5. The molecule has 0 spiro atoms. The molecular weight excluding hydrogens is 278 g/mol. The number of aryl methyl sites for hydroxylation is 1. The number of ether oxygens (including phenoxy) is 1. The molecule has 0 aliphatic carbocycles. The summed E-state index contributed by atoms with van der Waals surface area (Å²) in [7, 11) is 0. The number of aromatic nitrogens is 2. The molecule has 5 heteroatoms. The molecule has 0 aliphatic heterocycles. The van der Waals surface area contributed by atoms with Crippen molar-refractivity contribution in [3.8, 4) is 5.75 Å². The second-order valence-corrected chi connectivity index (χ2v) is 5.00. The van der Waals surface area contributed by atoms with E-state index in [0.717, 1.165) is 22.7 Å². The van der Waals surface area contributed by atoms with Gasteiger partial charge in [-0.25, -0.2) is 4.98 Å². The number of carbonyl (C=O) groups excluding carboxylic acids is 1. The highest BCUT2D eigenvalue weighted by molar-refractivity contribution is 5.77. The molecule has 1 N–H and O–H groups in total. The molecule has 0 fully saturated rings. The molecule has 22 heavy (non-hydrogen) atoms. The van der Waals surface area contributed by atoms with Gasteiger partial charge in [0, 0.05) is 6.20 Å². The van der Waals surface area contributed by atoms with E-state index < -0.39 is 0 Å². The van der Waals surface area contributed by atoms with Gasteiger partial charge in [0.15, 0.2) is 6.61 Å². The Morgan fingerprint density at radius 1 is 1.23 bits per heavy atom. The SMILES string of the molecule is Cc1ccccc1OCC(=O)NCc1ncc2ccccn12. The topological polar surface area (TPSA) is 55.6 Å². The minimum Gasteiger partial charge on any atom is -0.484 e. The highest BCUT2D eigenvalue weighted by Gasteiger charge is 2.07. The van der Waals surface area contributed by atoms with E-state index in [-0.39, 0.29) is 12.5 Å². The number of para-hydroxylation sites is 1. The van der Waals surface area contributed by atoms with Crippen molar-refractivity contribution in [2.45, 2.75) is 13.5 Å². The van der Waals surface area contributed by atoms with E-state index in [1.54, 1.807) is 6.20 Å². The molecule has 2 aromatic heterocycles. The van der Waals surface area contributed by atoms with Crippen LogP contribution in [-0.4, -0.2) is 21.9 Å². The Labute approximate surface area is 128 Å². The molecule has 5 nitrogen and oxygen atoms in total. The maximum atomic E-state index is 11.9. The van der Waals surface area contributed by atoms with Gasteiger partial charge >= 0.3 is 0 Å². The fraction of sp³-hybridized carbons (Fsp3) is 0.176. The van der Waals surface area contributed by atoms with Gasteiger partial charge in [0.25, 0.3) is 5.91 Å². The molecule has 3 aromatic rings. The van der Waals surface area contributed by atoms with Gasteiger partial charge in [0.2, 0.25) is 0 Å². The highest BCUT2D eigenvalue weighted by Crippen LogP contribution is 2.15. The van der Waals surface area contributed by atoms with Gasteiger partial charge in [-0.3, -0.25) is 4.79 Å². The fourth-order valence-corrected chi connectivity index (χ4v) is 2.22. The number of fused-ring (bicyclic) bond motifs is 1. The van der Waals surface area contributed by atoms with Crippen LogP contribution >= 0.6 is 0 Å². The molecule has 1 aromatic carbocycles. The van der Waals surface area contributed by atoms with Crippen LogP contribution in [0.1, 0.15) is 11.4 Å². The average Bonchev–Trinajstić information content (AvgIpc) is 2.95. The number of pyridine rings is 1. The smallest absolute Gasteiger partial charge is 0.258 e. The lowest BCUT2D eigenvalue weighted by Crippen LogP contribution is -2.29. The van der Waals surface area contributed by atoms with Crippen molar-refractivity contribution >= 4 is 11.4 Å². The molecule has 0 saturated carbocycles. The summed E-state index contributed by atoms with van der Waals surface area (Å²) < 4.78 is 7.46. The summed E-state index contributed by atoms with van der Waals surface area (Å²) in [6, 6.07) is 13.5. The van der Waals surface area contributed by atoms with Gasteiger partial charge in [0.1, 0.15) is 11.6 Å². The van der Waals surface area contributed by atoms with E-state index in [1.165, 1.54) is 0 Å². The zero-order chi connectivity index (χ0) is 15.4. The summed E-state index contributed by atoms with van der Waals surface area (Å²) in [6.07, 6.45) is 3.71. The fourth-order valence-electron chi connectivity index (χ4n) is 2.22. The van der Waals surface area contributed by atoms with Crippen LogP contribution < -0.4 is 10.1 Å². The summed E-state index contributed by atoms with van der Waals surface area (Å²) in [5, 5.41) is 2.82. The van der Waals surface area contributed by atoms with Gasteiger partial charge in [0.05, 0.1) is 18.3 Å². The average molecular weight is 295 g/mol. The monoisotopic (exact) mass is 295 g/mol. The Morgan fingerprint density at radius 3 is 2.91 bits per heavy atom. The quantitative estimate of drug-likeness (QED) is 0.786. The zero-order valence-electron chi connectivity index (χ0n) is 12.3. The van der Waals surface area contributed by atoms with E-state index in [0.29, 0.717) is 6.54 Å². The number of carbonyl (C=O) groups is 1. The number of hydrogen-bond donors (Lipinski definition) is 1. The number of benzene rings is 1. The summed E-state index contributed by atoms with van der Waals surface area (Å²) in [5.74, 6) is 1.35. The third kappa shape index (κ3) is 3.09. The van der Waals surface area contributed by atoms with Crippen LogP contribution in [0.4, 0.5) is 0 Å². The van der Waals surface area contributed by atoms with E-state index >= 15 is 0 Å². The maximum Gasteiger partial charge on any atom is 0.258 e. The first kappa shape index (κ1) is 14.1. The van der Waals surface area contributed by atoms with Crippen LogP contribution in [-0.2, 0) is 11.3 Å². The Morgan fingerprint density at radius 2 is 2.05 bits per heavy atom. The maximum absolute atomic E-state index is 11.9. The van der Waals surface area contributed by atoms with E-state index in [1.807, 2.05) is 60.0 Å². The first-order chi connectivity index (χ1) is 10.7. The Kier molecular flexibility index (Phi) is 4.05. The number of hydrogen-bond acceptors (Lipinski definition) is 3. The van der Waals surface area contributed by atoms with Crippen LogP contribution in [0.15, 0.2) is 54.9 Å². The van der Waals surface area contributed by atoms with Crippen molar-refractivity contribution in [3.63, 3.8) is 0 Å². The van der Waals surface area contributed by atoms with Gasteiger partial charge in [-0.05, 0) is 30.7 Å². The summed E-state index contributed by atoms with van der Waals surface area (Å²) in [6.45, 7) is 2.31. The molecule has 0 saturated heterocycles. The Balaban J connectivity index is 1.55. The molecule has 0 atom stereocenters. The third-order valence-electron chi connectivity index (χ3n) is 3.41. The lowest BCUT2D eigenvalue weighted by atomic mass is 10.2. The second kappa shape index (κ2) is 6.30. The lowest BCUT2D eigenvalue weighted by Gasteiger charge is -2.09. The molecule has 3 rings (SSSR count). The Bertz CT molecular complexity index is 795. The van der Waals surface area contributed by atoms with Crippen LogP contribution in [0.3, 0.4) is 0 Å². The minimum absolute atomic E-state index is 0.00579. The first-order valence-corrected chi connectivity index (χ1v) is 7.10. The van der Waals surface area contributed by atoms with E-state index in [4.69, 9.17) is 4.74 Å². The standard InChI is InChI=1S/C17H17N3O2/c1-13-6-2-3-8-15(13)22-12-17(21)19-11-16-18-10-14-7-4-5-9-20(14)16/h2-10H,11-12H2,1H3,(H,19,21). The lowest BCUT2D eigenvalue weighted by molar-refractivity contribution is -0.123. The van der Waals surface area contributed by atoms with Crippen LogP contribution in [0.25, 0.3) is 5.52 Å². The molecule has 0 unspecified atom stereocenters. The predicted molar refractivity (Wildman–Crippen MR) is 83.7 cm³/mol. The molecule has 2 heterocycles. The predicted octanol–water partition coefficient (Wildman–Crippen LogP) is 2.34. The normalized spacial score (nSPS) is 10.6. The van der Waals surface area contributed by atoms with Gasteiger partial charge in [-0.2, -0.15) is 0 Å². The largest absolute Gasteiger partial charge is 0.484 e. The summed E-state index contributed by atoms with van der Waals surface area (Å²) in [5.41, 5.74) is 2.01. The van der Waals surface area contributed by atoms with E-state index in [2.05, 4.69) is 10.3 Å². The number of amides is 1. The number of nitrogens with one attached hydrogen (secondary N) is 1. The molecule has 0 bridgehead atoms. The van der Waals surface area contributed by atoms with Crippen molar-refractivity contribution in [1.29, 1.82) is 0 Å². The van der Waals surface area contributed by atoms with Crippen LogP contribution in [0.5, 0.6) is 5.75 Å². The molecule has 0 radical (unpaired) electrons. The van der Waals surface area contributed by atoms with Crippen molar-refractivity contribution < 1.29 is 9.53 Å². The minimum atomic E-state index is -0.170. The van der Waals surface area contributed by atoms with Crippen LogP contribution in [0, 0.1) is 6.92 Å². The number of rotatable bonds is 5. The number of nitrogens with zero attached hydrogens (tertiary/aromatic N) is 2. The van der Waals surface area contributed by atoms with E-state index in [9.17, 15) is 4.79 Å². The number of imidazole rings is 1. The van der Waals surface area contributed by atoms with Crippen molar-refractivity contribution in [2.24, 2.45) is 0 Å². The third-order valence-corrected chi connectivity index (χ3v) is 3.41. The van der Waals surface area contributed by atoms with Gasteiger partial charge < -0.3 is 14.5 Å². The van der Waals surface area contributed by atoms with Crippen molar-refractivity contribution in [2.75, 3.05) is 6.61 Å². The zero-order valence-corrected chi connectivity index (χ0v) is 12.3. The molecule has 0 aliphatic rings. The summed E-state index contributed by atoms with van der Waals surface area (Å²) in [4.78, 5) is 16.2. The second-order valence-electron chi connectivity index (χ2n) is 5.00. The Hall–Kier alpha value is -2.82. The van der Waals surface area contributed by atoms with Crippen molar-refractivity contribution in [3.05, 3.63) is 66.2 Å². The summed E-state index contributed by atoms with van der Waals surface area (Å²) >= 11 is 0. The molecular formula is C17H17N3O2. The van der Waals surface area contributed by atoms with Gasteiger partial charge in [-0.15, -0.1) is 0 Å². The van der Waals surface area contributed by atoms with Crippen LogP contribution in [0.2, 0.25) is 0 Å².